The van der Waals surface area contributed by atoms with E-state index in [0.717, 1.165) is 12.0 Å². The zero-order valence-corrected chi connectivity index (χ0v) is 11.6. The minimum absolute atomic E-state index is 0.234. The highest BCUT2D eigenvalue weighted by atomic mass is 16.5. The van der Waals surface area contributed by atoms with Gasteiger partial charge in [0.05, 0.1) is 25.4 Å². The van der Waals surface area contributed by atoms with E-state index in [4.69, 9.17) is 14.7 Å². The molecule has 0 aliphatic carbocycles. The summed E-state index contributed by atoms with van der Waals surface area (Å²) in [6, 6.07) is 7.69. The molecule has 1 aromatic rings. The summed E-state index contributed by atoms with van der Waals surface area (Å²) < 4.78 is 10.9. The maximum absolute atomic E-state index is 9.00. The van der Waals surface area contributed by atoms with Crippen molar-refractivity contribution in [1.29, 1.82) is 5.26 Å². The summed E-state index contributed by atoms with van der Waals surface area (Å²) in [7, 11) is 1.57. The van der Waals surface area contributed by atoms with Crippen molar-refractivity contribution < 1.29 is 9.47 Å². The molecule has 0 fully saturated rings. The summed E-state index contributed by atoms with van der Waals surface area (Å²) in [5.41, 5.74) is 1.55. The van der Waals surface area contributed by atoms with Crippen LogP contribution in [0.1, 0.15) is 38.3 Å². The lowest BCUT2D eigenvalue weighted by molar-refractivity contribution is 0.0397. The van der Waals surface area contributed by atoms with Crippen molar-refractivity contribution in [1.82, 2.24) is 0 Å². The Labute approximate surface area is 109 Å². The Balaban J connectivity index is 2.61. The first kappa shape index (κ1) is 14.5. The average molecular weight is 247 g/mol. The van der Waals surface area contributed by atoms with Gasteiger partial charge in [-0.25, -0.2) is 0 Å². The number of methoxy groups -OCH3 is 1. The molecule has 0 radical (unpaired) electrons. The monoisotopic (exact) mass is 247 g/mol. The van der Waals surface area contributed by atoms with Crippen LogP contribution in [-0.4, -0.2) is 13.2 Å². The molecule has 0 aliphatic heterocycles. The average Bonchev–Trinajstić information content (AvgIpc) is 2.35. The molecule has 0 amide bonds. The number of rotatable bonds is 6. The van der Waals surface area contributed by atoms with Crippen molar-refractivity contribution in [2.24, 2.45) is 5.92 Å². The molecular weight excluding hydrogens is 226 g/mol. The SMILES string of the molecule is COc1ccc(COC(C)CC(C)C)cc1C#N. The van der Waals surface area contributed by atoms with Crippen molar-refractivity contribution in [2.75, 3.05) is 7.11 Å². The summed E-state index contributed by atoms with van der Waals surface area (Å²) in [4.78, 5) is 0. The molecule has 0 spiro atoms. The fourth-order valence-corrected chi connectivity index (χ4v) is 1.90. The zero-order valence-electron chi connectivity index (χ0n) is 11.6. The predicted octanol–water partition coefficient (Wildman–Crippen LogP) is 3.52. The molecule has 0 bridgehead atoms. The summed E-state index contributed by atoms with van der Waals surface area (Å²) in [6.45, 7) is 6.98. The van der Waals surface area contributed by atoms with Crippen LogP contribution in [0.25, 0.3) is 0 Å². The number of ether oxygens (including phenoxy) is 2. The zero-order chi connectivity index (χ0) is 13.5. The van der Waals surface area contributed by atoms with Crippen LogP contribution in [0.15, 0.2) is 18.2 Å². The standard InChI is InChI=1S/C15H21NO2/c1-11(2)7-12(3)18-10-13-5-6-15(17-4)14(8-13)9-16/h5-6,8,11-12H,7,10H2,1-4H3. The third-order valence-electron chi connectivity index (χ3n) is 2.72. The first-order chi connectivity index (χ1) is 8.56. The molecule has 0 heterocycles. The van der Waals surface area contributed by atoms with Gasteiger partial charge >= 0.3 is 0 Å². The lowest BCUT2D eigenvalue weighted by atomic mass is 10.1. The molecule has 0 aromatic heterocycles. The summed E-state index contributed by atoms with van der Waals surface area (Å²) in [5.74, 6) is 1.24. The summed E-state index contributed by atoms with van der Waals surface area (Å²) in [5, 5.41) is 9.00. The molecular formula is C15H21NO2. The van der Waals surface area contributed by atoms with Crippen LogP contribution >= 0.6 is 0 Å². The fourth-order valence-electron chi connectivity index (χ4n) is 1.90. The van der Waals surface area contributed by atoms with Gasteiger partial charge in [0.15, 0.2) is 0 Å². The van der Waals surface area contributed by atoms with E-state index in [9.17, 15) is 0 Å². The van der Waals surface area contributed by atoms with Gasteiger partial charge in [-0.15, -0.1) is 0 Å². The van der Waals surface area contributed by atoms with E-state index in [-0.39, 0.29) is 6.10 Å². The van der Waals surface area contributed by atoms with Crippen LogP contribution < -0.4 is 4.74 Å². The van der Waals surface area contributed by atoms with Gasteiger partial charge in [0, 0.05) is 0 Å². The van der Waals surface area contributed by atoms with Crippen LogP contribution in [0.5, 0.6) is 5.75 Å². The van der Waals surface area contributed by atoms with E-state index in [0.29, 0.717) is 23.8 Å². The van der Waals surface area contributed by atoms with Crippen molar-refractivity contribution in [3.05, 3.63) is 29.3 Å². The van der Waals surface area contributed by atoms with Gasteiger partial charge in [-0.1, -0.05) is 19.9 Å². The molecule has 1 aromatic carbocycles. The van der Waals surface area contributed by atoms with Crippen LogP contribution in [0.4, 0.5) is 0 Å². The molecule has 1 unspecified atom stereocenters. The molecule has 1 rings (SSSR count). The van der Waals surface area contributed by atoms with Crippen LogP contribution in [0, 0.1) is 17.2 Å². The lowest BCUT2D eigenvalue weighted by Gasteiger charge is -2.15. The van der Waals surface area contributed by atoms with Gasteiger partial charge in [-0.3, -0.25) is 0 Å². The highest BCUT2D eigenvalue weighted by Gasteiger charge is 2.07. The Hall–Kier alpha value is -1.53. The van der Waals surface area contributed by atoms with Gasteiger partial charge in [-0.05, 0) is 37.0 Å². The smallest absolute Gasteiger partial charge is 0.136 e. The van der Waals surface area contributed by atoms with Crippen LogP contribution in [-0.2, 0) is 11.3 Å². The van der Waals surface area contributed by atoms with Gasteiger partial charge in [-0.2, -0.15) is 5.26 Å². The highest BCUT2D eigenvalue weighted by Crippen LogP contribution is 2.20. The molecule has 0 aliphatic rings. The second-order valence-corrected chi connectivity index (χ2v) is 4.90. The van der Waals surface area contributed by atoms with Gasteiger partial charge < -0.3 is 9.47 Å². The lowest BCUT2D eigenvalue weighted by Crippen LogP contribution is -2.11. The van der Waals surface area contributed by atoms with Gasteiger partial charge in [0.25, 0.3) is 0 Å². The molecule has 0 saturated heterocycles. The van der Waals surface area contributed by atoms with Crippen molar-refractivity contribution in [3.8, 4) is 11.8 Å². The van der Waals surface area contributed by atoms with Gasteiger partial charge in [0.1, 0.15) is 11.8 Å². The first-order valence-corrected chi connectivity index (χ1v) is 6.25. The number of hydrogen-bond acceptors (Lipinski definition) is 3. The Bertz CT molecular complexity index is 421. The molecule has 1 atom stereocenters. The molecule has 98 valence electrons. The number of nitrogens with zero attached hydrogens (tertiary/aromatic N) is 1. The summed E-state index contributed by atoms with van der Waals surface area (Å²) >= 11 is 0. The quantitative estimate of drug-likeness (QED) is 0.772. The fraction of sp³-hybridized carbons (Fsp3) is 0.533. The number of nitriles is 1. The molecule has 3 heteroatoms. The topological polar surface area (TPSA) is 42.2 Å². The maximum atomic E-state index is 9.00. The highest BCUT2D eigenvalue weighted by molar-refractivity contribution is 5.45. The molecule has 0 saturated carbocycles. The predicted molar refractivity (Wildman–Crippen MR) is 71.4 cm³/mol. The molecule has 0 N–H and O–H groups in total. The maximum Gasteiger partial charge on any atom is 0.136 e. The Morgan fingerprint density at radius 2 is 2.00 bits per heavy atom. The Kier molecular flexibility index (Phi) is 5.67. The third-order valence-corrected chi connectivity index (χ3v) is 2.72. The van der Waals surface area contributed by atoms with Gasteiger partial charge in [0.2, 0.25) is 0 Å². The molecule has 3 nitrogen and oxygen atoms in total. The minimum Gasteiger partial charge on any atom is -0.495 e. The van der Waals surface area contributed by atoms with Crippen LogP contribution in [0.2, 0.25) is 0 Å². The Morgan fingerprint density at radius 1 is 1.28 bits per heavy atom. The number of hydrogen-bond donors (Lipinski definition) is 0. The number of benzene rings is 1. The van der Waals surface area contributed by atoms with Crippen molar-refractivity contribution in [2.45, 2.75) is 39.9 Å². The second-order valence-electron chi connectivity index (χ2n) is 4.90. The van der Waals surface area contributed by atoms with E-state index >= 15 is 0 Å². The van der Waals surface area contributed by atoms with E-state index in [1.165, 1.54) is 0 Å². The largest absolute Gasteiger partial charge is 0.495 e. The van der Waals surface area contributed by atoms with E-state index in [1.54, 1.807) is 7.11 Å². The van der Waals surface area contributed by atoms with Crippen molar-refractivity contribution in [3.63, 3.8) is 0 Å². The van der Waals surface area contributed by atoms with Crippen LogP contribution in [0.3, 0.4) is 0 Å². The minimum atomic E-state index is 0.234. The van der Waals surface area contributed by atoms with E-state index in [2.05, 4.69) is 26.8 Å². The van der Waals surface area contributed by atoms with Crippen molar-refractivity contribution >= 4 is 0 Å². The third kappa shape index (κ3) is 4.38. The van der Waals surface area contributed by atoms with E-state index in [1.807, 2.05) is 18.2 Å². The summed E-state index contributed by atoms with van der Waals surface area (Å²) in [6.07, 6.45) is 1.28. The molecule has 18 heavy (non-hydrogen) atoms. The second kappa shape index (κ2) is 7.03. The Morgan fingerprint density at radius 3 is 2.56 bits per heavy atom. The van der Waals surface area contributed by atoms with E-state index < -0.39 is 0 Å². The first-order valence-electron chi connectivity index (χ1n) is 6.25. The normalized spacial score (nSPS) is 12.2.